The van der Waals surface area contributed by atoms with Crippen LogP contribution in [0.15, 0.2) is 41.3 Å². The van der Waals surface area contributed by atoms with Crippen molar-refractivity contribution in [3.63, 3.8) is 0 Å². The van der Waals surface area contributed by atoms with Crippen LogP contribution in [0.5, 0.6) is 11.5 Å². The standard InChI is InChI=1S/C19H23NO3S/c1-12-6-7-18(8-13(12)2)24-14(3)19(21)20-15-9-16(22-4)11-17(10-15)23-5/h6-11,14H,1-5H3,(H,20,21). The molecule has 1 atom stereocenters. The fourth-order valence-electron chi connectivity index (χ4n) is 2.17. The highest BCUT2D eigenvalue weighted by atomic mass is 32.2. The highest BCUT2D eigenvalue weighted by molar-refractivity contribution is 8.00. The van der Waals surface area contributed by atoms with Crippen LogP contribution in [0, 0.1) is 13.8 Å². The molecule has 2 aromatic carbocycles. The summed E-state index contributed by atoms with van der Waals surface area (Å²) in [5.41, 5.74) is 3.13. The molecule has 0 saturated heterocycles. The summed E-state index contributed by atoms with van der Waals surface area (Å²) in [4.78, 5) is 13.5. The van der Waals surface area contributed by atoms with Crippen molar-refractivity contribution in [2.24, 2.45) is 0 Å². The molecule has 0 radical (unpaired) electrons. The quantitative estimate of drug-likeness (QED) is 0.786. The van der Waals surface area contributed by atoms with Gasteiger partial charge in [0.15, 0.2) is 0 Å². The van der Waals surface area contributed by atoms with Crippen LogP contribution in [0.4, 0.5) is 5.69 Å². The van der Waals surface area contributed by atoms with E-state index in [9.17, 15) is 4.79 Å². The number of anilines is 1. The van der Waals surface area contributed by atoms with Gasteiger partial charge in [-0.25, -0.2) is 0 Å². The lowest BCUT2D eigenvalue weighted by atomic mass is 10.1. The molecule has 0 bridgehead atoms. The number of nitrogens with one attached hydrogen (secondary N) is 1. The number of amides is 1. The largest absolute Gasteiger partial charge is 0.497 e. The zero-order chi connectivity index (χ0) is 17.7. The third kappa shape index (κ3) is 4.68. The lowest BCUT2D eigenvalue weighted by Crippen LogP contribution is -2.22. The minimum Gasteiger partial charge on any atom is -0.497 e. The molecule has 2 aromatic rings. The van der Waals surface area contributed by atoms with Crippen molar-refractivity contribution in [1.29, 1.82) is 0 Å². The lowest BCUT2D eigenvalue weighted by Gasteiger charge is -2.14. The number of ether oxygens (including phenoxy) is 2. The van der Waals surface area contributed by atoms with Crippen LogP contribution in [0.3, 0.4) is 0 Å². The second-order valence-electron chi connectivity index (χ2n) is 5.60. The van der Waals surface area contributed by atoms with Crippen molar-refractivity contribution in [2.75, 3.05) is 19.5 Å². The van der Waals surface area contributed by atoms with Crippen molar-refractivity contribution in [2.45, 2.75) is 30.9 Å². The minimum absolute atomic E-state index is 0.0615. The molecule has 0 fully saturated rings. The Morgan fingerprint density at radius 3 is 2.17 bits per heavy atom. The van der Waals surface area contributed by atoms with Gasteiger partial charge in [-0.3, -0.25) is 4.79 Å². The number of methoxy groups -OCH3 is 2. The van der Waals surface area contributed by atoms with Crippen LogP contribution in [0.25, 0.3) is 0 Å². The summed E-state index contributed by atoms with van der Waals surface area (Å²) in [6.07, 6.45) is 0. The molecule has 4 nitrogen and oxygen atoms in total. The minimum atomic E-state index is -0.218. The topological polar surface area (TPSA) is 47.6 Å². The lowest BCUT2D eigenvalue weighted by molar-refractivity contribution is -0.115. The molecule has 128 valence electrons. The van der Waals surface area contributed by atoms with Crippen LogP contribution in [0.2, 0.25) is 0 Å². The Morgan fingerprint density at radius 2 is 1.62 bits per heavy atom. The van der Waals surface area contributed by atoms with Crippen molar-refractivity contribution in [3.8, 4) is 11.5 Å². The molecule has 0 aliphatic rings. The molecule has 0 spiro atoms. The number of benzene rings is 2. The van der Waals surface area contributed by atoms with Crippen molar-refractivity contribution in [3.05, 3.63) is 47.5 Å². The molecule has 5 heteroatoms. The molecule has 0 aromatic heterocycles. The number of thioether (sulfide) groups is 1. The van der Waals surface area contributed by atoms with Crippen LogP contribution in [-0.4, -0.2) is 25.4 Å². The van der Waals surface area contributed by atoms with Gasteiger partial charge in [-0.2, -0.15) is 0 Å². The van der Waals surface area contributed by atoms with Gasteiger partial charge in [-0.1, -0.05) is 6.07 Å². The molecule has 0 aliphatic heterocycles. The first-order chi connectivity index (χ1) is 11.4. The molecule has 1 unspecified atom stereocenters. The third-order valence-electron chi connectivity index (χ3n) is 3.78. The van der Waals surface area contributed by atoms with Gasteiger partial charge in [-0.05, 0) is 44.0 Å². The van der Waals surface area contributed by atoms with Gasteiger partial charge in [0.2, 0.25) is 5.91 Å². The maximum atomic E-state index is 12.5. The molecular weight excluding hydrogens is 322 g/mol. The number of aryl methyl sites for hydroxylation is 2. The van der Waals surface area contributed by atoms with Crippen LogP contribution >= 0.6 is 11.8 Å². The second kappa shape index (κ2) is 8.11. The van der Waals surface area contributed by atoms with E-state index < -0.39 is 0 Å². The number of carbonyl (C=O) groups excluding carboxylic acids is 1. The number of hydrogen-bond donors (Lipinski definition) is 1. The van der Waals surface area contributed by atoms with Crippen molar-refractivity contribution >= 4 is 23.4 Å². The Morgan fingerprint density at radius 1 is 1.00 bits per heavy atom. The van der Waals surface area contributed by atoms with E-state index >= 15 is 0 Å². The first-order valence-corrected chi connectivity index (χ1v) is 8.58. The molecule has 1 amide bonds. The van der Waals surface area contributed by atoms with Gasteiger partial charge in [-0.15, -0.1) is 11.8 Å². The summed E-state index contributed by atoms with van der Waals surface area (Å²) >= 11 is 1.54. The molecule has 2 rings (SSSR count). The molecule has 24 heavy (non-hydrogen) atoms. The average Bonchev–Trinajstić information content (AvgIpc) is 2.57. The fourth-order valence-corrected chi connectivity index (χ4v) is 3.13. The summed E-state index contributed by atoms with van der Waals surface area (Å²) < 4.78 is 10.4. The summed E-state index contributed by atoms with van der Waals surface area (Å²) in [6, 6.07) is 11.5. The maximum Gasteiger partial charge on any atom is 0.237 e. The molecule has 0 aliphatic carbocycles. The van der Waals surface area contributed by atoms with Gasteiger partial charge in [0.25, 0.3) is 0 Å². The van der Waals surface area contributed by atoms with E-state index in [1.807, 2.05) is 13.0 Å². The van der Waals surface area contributed by atoms with Gasteiger partial charge in [0.05, 0.1) is 19.5 Å². The van der Waals surface area contributed by atoms with E-state index in [0.717, 1.165) is 4.90 Å². The Balaban J connectivity index is 2.07. The Labute approximate surface area is 147 Å². The number of carbonyl (C=O) groups is 1. The number of hydrogen-bond acceptors (Lipinski definition) is 4. The maximum absolute atomic E-state index is 12.5. The SMILES string of the molecule is COc1cc(NC(=O)C(C)Sc2ccc(C)c(C)c2)cc(OC)c1. The highest BCUT2D eigenvalue weighted by Crippen LogP contribution is 2.28. The zero-order valence-corrected chi connectivity index (χ0v) is 15.5. The van der Waals surface area contributed by atoms with E-state index in [2.05, 4.69) is 31.3 Å². The molecular formula is C19H23NO3S. The van der Waals surface area contributed by atoms with E-state index in [-0.39, 0.29) is 11.2 Å². The Hall–Kier alpha value is -2.14. The van der Waals surface area contributed by atoms with Gasteiger partial charge < -0.3 is 14.8 Å². The summed E-state index contributed by atoms with van der Waals surface area (Å²) in [6.45, 7) is 6.05. The fraction of sp³-hybridized carbons (Fsp3) is 0.316. The normalized spacial score (nSPS) is 11.7. The van der Waals surface area contributed by atoms with E-state index in [1.54, 1.807) is 32.4 Å². The summed E-state index contributed by atoms with van der Waals surface area (Å²) in [5, 5.41) is 2.70. The van der Waals surface area contributed by atoms with Gasteiger partial charge >= 0.3 is 0 Å². The first kappa shape index (κ1) is 18.2. The van der Waals surface area contributed by atoms with Crippen LogP contribution in [-0.2, 0) is 4.79 Å². The Kier molecular flexibility index (Phi) is 6.15. The highest BCUT2D eigenvalue weighted by Gasteiger charge is 2.16. The monoisotopic (exact) mass is 345 g/mol. The third-order valence-corrected chi connectivity index (χ3v) is 4.87. The predicted octanol–water partition coefficient (Wildman–Crippen LogP) is 4.44. The molecule has 1 N–H and O–H groups in total. The van der Waals surface area contributed by atoms with E-state index in [1.165, 1.54) is 22.9 Å². The molecule has 0 heterocycles. The zero-order valence-electron chi connectivity index (χ0n) is 14.7. The first-order valence-electron chi connectivity index (χ1n) is 7.70. The van der Waals surface area contributed by atoms with Crippen LogP contribution in [0.1, 0.15) is 18.1 Å². The predicted molar refractivity (Wildman–Crippen MR) is 99.4 cm³/mol. The Bertz CT molecular complexity index is 708. The van der Waals surface area contributed by atoms with Crippen molar-refractivity contribution < 1.29 is 14.3 Å². The summed E-state index contributed by atoms with van der Waals surface area (Å²) in [5.74, 6) is 1.21. The van der Waals surface area contributed by atoms with E-state index in [0.29, 0.717) is 17.2 Å². The summed E-state index contributed by atoms with van der Waals surface area (Å²) in [7, 11) is 3.16. The van der Waals surface area contributed by atoms with E-state index in [4.69, 9.17) is 9.47 Å². The molecule has 0 saturated carbocycles. The average molecular weight is 345 g/mol. The van der Waals surface area contributed by atoms with Crippen molar-refractivity contribution in [1.82, 2.24) is 0 Å². The second-order valence-corrected chi connectivity index (χ2v) is 7.01. The van der Waals surface area contributed by atoms with Gasteiger partial charge in [0, 0.05) is 28.8 Å². The smallest absolute Gasteiger partial charge is 0.237 e. The number of rotatable bonds is 6. The van der Waals surface area contributed by atoms with Gasteiger partial charge in [0.1, 0.15) is 11.5 Å². The van der Waals surface area contributed by atoms with Crippen LogP contribution < -0.4 is 14.8 Å².